The van der Waals surface area contributed by atoms with E-state index in [0.717, 1.165) is 11.3 Å². The largest absolute Gasteiger partial charge is 0.377 e. The summed E-state index contributed by atoms with van der Waals surface area (Å²) in [7, 11) is -1.95. The Hall–Kier alpha value is -0.700. The van der Waals surface area contributed by atoms with Crippen molar-refractivity contribution < 1.29 is 13.2 Å². The third-order valence-corrected chi connectivity index (χ3v) is 6.64. The van der Waals surface area contributed by atoms with Crippen LogP contribution in [0.4, 0.5) is 5.13 Å². The smallest absolute Gasteiger partial charge is 0.254 e. The molecular formula is C10H17N3O3S2. The average Bonchev–Trinajstić information content (AvgIpc) is 2.83. The van der Waals surface area contributed by atoms with E-state index in [1.165, 1.54) is 4.31 Å². The van der Waals surface area contributed by atoms with Crippen LogP contribution in [0, 0.1) is 6.92 Å². The Bertz CT molecular complexity index is 541. The van der Waals surface area contributed by atoms with Gasteiger partial charge in [0.2, 0.25) is 0 Å². The predicted octanol–water partition coefficient (Wildman–Crippen LogP) is 0.832. The summed E-state index contributed by atoms with van der Waals surface area (Å²) in [6.07, 6.45) is 0.625. The zero-order valence-corrected chi connectivity index (χ0v) is 12.2. The Morgan fingerprint density at radius 2 is 2.22 bits per heavy atom. The maximum Gasteiger partial charge on any atom is 0.254 e. The van der Waals surface area contributed by atoms with Crippen LogP contribution in [0.3, 0.4) is 0 Å². The monoisotopic (exact) mass is 291 g/mol. The molecule has 1 saturated heterocycles. The number of hydrogen-bond acceptors (Lipinski definition) is 6. The maximum absolute atomic E-state index is 12.5. The van der Waals surface area contributed by atoms with Crippen LogP contribution < -0.4 is 5.73 Å². The minimum Gasteiger partial charge on any atom is -0.377 e. The second kappa shape index (κ2) is 4.76. The Morgan fingerprint density at radius 3 is 2.67 bits per heavy atom. The van der Waals surface area contributed by atoms with E-state index in [-0.39, 0.29) is 21.5 Å². The van der Waals surface area contributed by atoms with Crippen LogP contribution in [0.25, 0.3) is 0 Å². The van der Waals surface area contributed by atoms with Crippen molar-refractivity contribution in [3.8, 4) is 0 Å². The second-order valence-electron chi connectivity index (χ2n) is 4.38. The van der Waals surface area contributed by atoms with Gasteiger partial charge in [-0.1, -0.05) is 11.3 Å². The lowest BCUT2D eigenvalue weighted by atomic mass is 10.2. The summed E-state index contributed by atoms with van der Waals surface area (Å²) in [6.45, 7) is 4.13. The molecule has 0 aromatic carbocycles. The van der Waals surface area contributed by atoms with Gasteiger partial charge in [0.1, 0.15) is 0 Å². The number of likely N-dealkylation sites (N-methyl/N-ethyl adjacent to an activating group) is 1. The van der Waals surface area contributed by atoms with E-state index < -0.39 is 10.0 Å². The summed E-state index contributed by atoms with van der Waals surface area (Å²) in [5.74, 6) is 0. The lowest BCUT2D eigenvalue weighted by Gasteiger charge is -2.25. The zero-order chi connectivity index (χ0) is 13.5. The molecule has 1 aromatic rings. The van der Waals surface area contributed by atoms with Crippen molar-refractivity contribution in [2.75, 3.05) is 19.4 Å². The number of ether oxygens (including phenoxy) is 1. The topological polar surface area (TPSA) is 85.5 Å². The highest BCUT2D eigenvalue weighted by Gasteiger charge is 2.37. The van der Waals surface area contributed by atoms with E-state index in [9.17, 15) is 8.42 Å². The number of nitrogen functional groups attached to an aromatic ring is 1. The van der Waals surface area contributed by atoms with Crippen LogP contribution >= 0.6 is 11.3 Å². The normalized spacial score (nSPS) is 24.9. The van der Waals surface area contributed by atoms with Crippen molar-refractivity contribution in [2.24, 2.45) is 0 Å². The molecule has 6 nitrogen and oxygen atoms in total. The molecule has 0 radical (unpaired) electrons. The van der Waals surface area contributed by atoms with Crippen molar-refractivity contribution in [3.05, 3.63) is 5.69 Å². The van der Waals surface area contributed by atoms with E-state index in [2.05, 4.69) is 4.98 Å². The molecule has 0 aliphatic carbocycles. The minimum atomic E-state index is -3.54. The molecule has 2 atom stereocenters. The van der Waals surface area contributed by atoms with Crippen LogP contribution in [-0.4, -0.2) is 43.5 Å². The molecule has 1 aromatic heterocycles. The van der Waals surface area contributed by atoms with Gasteiger partial charge in [-0.05, 0) is 20.3 Å². The molecular weight excluding hydrogens is 274 g/mol. The Labute approximate surface area is 111 Å². The van der Waals surface area contributed by atoms with Gasteiger partial charge in [-0.15, -0.1) is 0 Å². The van der Waals surface area contributed by atoms with Crippen LogP contribution in [-0.2, 0) is 14.8 Å². The van der Waals surface area contributed by atoms with Crippen molar-refractivity contribution in [3.63, 3.8) is 0 Å². The molecule has 0 amide bonds. The lowest BCUT2D eigenvalue weighted by Crippen LogP contribution is -2.40. The first-order chi connectivity index (χ1) is 8.34. The quantitative estimate of drug-likeness (QED) is 0.891. The number of rotatable bonds is 3. The number of hydrogen-bond donors (Lipinski definition) is 1. The highest BCUT2D eigenvalue weighted by Crippen LogP contribution is 2.30. The van der Waals surface area contributed by atoms with Crippen molar-refractivity contribution in [2.45, 2.75) is 36.6 Å². The van der Waals surface area contributed by atoms with Gasteiger partial charge in [0.25, 0.3) is 10.0 Å². The van der Waals surface area contributed by atoms with E-state index in [1.54, 1.807) is 14.0 Å². The number of aromatic nitrogens is 1. The molecule has 1 aliphatic rings. The first-order valence-corrected chi connectivity index (χ1v) is 7.92. The van der Waals surface area contributed by atoms with Crippen molar-refractivity contribution >= 4 is 26.5 Å². The van der Waals surface area contributed by atoms with Gasteiger partial charge in [-0.3, -0.25) is 0 Å². The summed E-state index contributed by atoms with van der Waals surface area (Å²) >= 11 is 1.01. The SMILES string of the molecule is Cc1nc(N)sc1S(=O)(=O)N(C)C1CCOC1C. The molecule has 1 aliphatic heterocycles. The summed E-state index contributed by atoms with van der Waals surface area (Å²) in [5.41, 5.74) is 6.01. The molecule has 102 valence electrons. The molecule has 18 heavy (non-hydrogen) atoms. The minimum absolute atomic E-state index is 0.0876. The van der Waals surface area contributed by atoms with Crippen LogP contribution in [0.5, 0.6) is 0 Å². The molecule has 0 saturated carbocycles. The standard InChI is InChI=1S/C10H17N3O3S2/c1-6-9(17-10(11)12-6)18(14,15)13(3)8-4-5-16-7(8)2/h7-8H,4-5H2,1-3H3,(H2,11,12). The first-order valence-electron chi connectivity index (χ1n) is 5.66. The fourth-order valence-corrected chi connectivity index (χ4v) is 5.06. The Morgan fingerprint density at radius 1 is 1.56 bits per heavy atom. The molecule has 2 unspecified atom stereocenters. The molecule has 2 N–H and O–H groups in total. The molecule has 2 heterocycles. The number of nitrogens with two attached hydrogens (primary N) is 1. The van der Waals surface area contributed by atoms with Gasteiger partial charge in [0.05, 0.1) is 17.8 Å². The molecule has 0 spiro atoms. The zero-order valence-electron chi connectivity index (χ0n) is 10.6. The number of aryl methyl sites for hydroxylation is 1. The van der Waals surface area contributed by atoms with Crippen LogP contribution in [0.15, 0.2) is 4.21 Å². The second-order valence-corrected chi connectivity index (χ2v) is 7.60. The van der Waals surface area contributed by atoms with Gasteiger partial charge < -0.3 is 10.5 Å². The van der Waals surface area contributed by atoms with E-state index in [0.29, 0.717) is 18.7 Å². The van der Waals surface area contributed by atoms with Crippen LogP contribution in [0.2, 0.25) is 0 Å². The molecule has 8 heteroatoms. The number of sulfonamides is 1. The molecule has 1 fully saturated rings. The summed E-state index contributed by atoms with van der Waals surface area (Å²) in [4.78, 5) is 3.96. The molecule has 0 bridgehead atoms. The molecule has 2 rings (SSSR count). The lowest BCUT2D eigenvalue weighted by molar-refractivity contribution is 0.102. The van der Waals surface area contributed by atoms with Crippen molar-refractivity contribution in [1.82, 2.24) is 9.29 Å². The average molecular weight is 291 g/mol. The van der Waals surface area contributed by atoms with Gasteiger partial charge in [0.15, 0.2) is 9.34 Å². The number of nitrogens with zero attached hydrogens (tertiary/aromatic N) is 2. The van der Waals surface area contributed by atoms with Gasteiger partial charge >= 0.3 is 0 Å². The third kappa shape index (κ3) is 2.25. The highest BCUT2D eigenvalue weighted by atomic mass is 32.2. The summed E-state index contributed by atoms with van der Waals surface area (Å²) < 4.78 is 32.0. The van der Waals surface area contributed by atoms with Crippen molar-refractivity contribution in [1.29, 1.82) is 0 Å². The van der Waals surface area contributed by atoms with Gasteiger partial charge in [-0.2, -0.15) is 4.31 Å². The van der Waals surface area contributed by atoms with Crippen LogP contribution in [0.1, 0.15) is 19.0 Å². The number of anilines is 1. The van der Waals surface area contributed by atoms with Gasteiger partial charge in [-0.25, -0.2) is 13.4 Å². The fourth-order valence-electron chi connectivity index (χ4n) is 2.15. The summed E-state index contributed by atoms with van der Waals surface area (Å²) in [6, 6.07) is -0.127. The van der Waals surface area contributed by atoms with Gasteiger partial charge in [0, 0.05) is 13.7 Å². The number of thiazole rings is 1. The fraction of sp³-hybridized carbons (Fsp3) is 0.700. The summed E-state index contributed by atoms with van der Waals surface area (Å²) in [5, 5.41) is 0.273. The Kier molecular flexibility index (Phi) is 3.63. The first kappa shape index (κ1) is 13.7. The maximum atomic E-state index is 12.5. The van der Waals surface area contributed by atoms with E-state index in [1.807, 2.05) is 6.92 Å². The van der Waals surface area contributed by atoms with E-state index >= 15 is 0 Å². The third-order valence-electron chi connectivity index (χ3n) is 3.19. The van der Waals surface area contributed by atoms with E-state index in [4.69, 9.17) is 10.5 Å². The predicted molar refractivity (Wildman–Crippen MR) is 70.0 cm³/mol. The Balaban J connectivity index is 2.34. The highest BCUT2D eigenvalue weighted by molar-refractivity contribution is 7.91.